The zero-order valence-corrected chi connectivity index (χ0v) is 15.8. The number of carbonyl (C=O) groups is 1. The first-order valence-electron chi connectivity index (χ1n) is 7.80. The first kappa shape index (κ1) is 17.5. The van der Waals surface area contributed by atoms with Crippen LogP contribution in [0.25, 0.3) is 0 Å². The molecule has 3 aromatic rings. The summed E-state index contributed by atoms with van der Waals surface area (Å²) in [7, 11) is 0. The number of ether oxygens (including phenoxy) is 1. The summed E-state index contributed by atoms with van der Waals surface area (Å²) < 4.78 is 5.68. The van der Waals surface area contributed by atoms with Crippen molar-refractivity contribution in [3.63, 3.8) is 0 Å². The molecule has 6 nitrogen and oxygen atoms in total. The molecule has 0 saturated heterocycles. The van der Waals surface area contributed by atoms with Gasteiger partial charge < -0.3 is 4.74 Å². The molecule has 0 aliphatic heterocycles. The molecular formula is C17H18N4O2S2. The van der Waals surface area contributed by atoms with E-state index in [1.165, 1.54) is 11.3 Å². The fourth-order valence-corrected chi connectivity index (χ4v) is 3.36. The van der Waals surface area contributed by atoms with Crippen molar-refractivity contribution in [1.82, 2.24) is 15.2 Å². The van der Waals surface area contributed by atoms with E-state index in [0.29, 0.717) is 29.0 Å². The van der Waals surface area contributed by atoms with Gasteiger partial charge in [0.05, 0.1) is 10.7 Å². The van der Waals surface area contributed by atoms with Crippen molar-refractivity contribution in [3.05, 3.63) is 50.9 Å². The van der Waals surface area contributed by atoms with Gasteiger partial charge in [0.25, 0.3) is 5.91 Å². The van der Waals surface area contributed by atoms with Gasteiger partial charge in [0, 0.05) is 16.9 Å². The highest BCUT2D eigenvalue weighted by molar-refractivity contribution is 7.15. The van der Waals surface area contributed by atoms with E-state index >= 15 is 0 Å². The fourth-order valence-electron chi connectivity index (χ4n) is 2.02. The predicted octanol–water partition coefficient (Wildman–Crippen LogP) is 4.26. The summed E-state index contributed by atoms with van der Waals surface area (Å²) >= 11 is 2.99. The van der Waals surface area contributed by atoms with Crippen molar-refractivity contribution in [2.24, 2.45) is 0 Å². The third kappa shape index (κ3) is 4.61. The molecule has 25 heavy (non-hydrogen) atoms. The standard InChI is InChI=1S/C17H18N4O2S2/c1-10(2)16-20-21-17(25-16)19-15(22)12-4-6-14(7-5-12)23-8-13-9-24-11(3)18-13/h4-7,9-10H,8H2,1-3H3,(H,19,21,22). The van der Waals surface area contributed by atoms with E-state index in [9.17, 15) is 4.79 Å². The van der Waals surface area contributed by atoms with Gasteiger partial charge in [-0.2, -0.15) is 0 Å². The number of aromatic nitrogens is 3. The molecule has 2 heterocycles. The number of benzene rings is 1. The molecule has 3 rings (SSSR count). The van der Waals surface area contributed by atoms with E-state index in [4.69, 9.17) is 4.74 Å². The van der Waals surface area contributed by atoms with Gasteiger partial charge >= 0.3 is 0 Å². The Labute approximate surface area is 153 Å². The molecule has 1 N–H and O–H groups in total. The maximum absolute atomic E-state index is 12.3. The largest absolute Gasteiger partial charge is 0.487 e. The van der Waals surface area contributed by atoms with Gasteiger partial charge in [-0.25, -0.2) is 4.98 Å². The van der Waals surface area contributed by atoms with Gasteiger partial charge in [-0.05, 0) is 31.2 Å². The minimum atomic E-state index is -0.215. The second-order valence-electron chi connectivity index (χ2n) is 5.73. The van der Waals surface area contributed by atoms with E-state index in [1.807, 2.05) is 26.2 Å². The summed E-state index contributed by atoms with van der Waals surface area (Å²) in [5.74, 6) is 0.773. The van der Waals surface area contributed by atoms with E-state index in [0.717, 1.165) is 15.7 Å². The van der Waals surface area contributed by atoms with Crippen LogP contribution in [0.15, 0.2) is 29.6 Å². The molecule has 1 amide bonds. The Bertz CT molecular complexity index is 856. The van der Waals surface area contributed by atoms with E-state index in [-0.39, 0.29) is 5.91 Å². The fraction of sp³-hybridized carbons (Fsp3) is 0.294. The van der Waals surface area contributed by atoms with Gasteiger partial charge in [0.1, 0.15) is 17.4 Å². The SMILES string of the molecule is Cc1nc(COc2ccc(C(=O)Nc3nnc(C(C)C)s3)cc2)cs1. The van der Waals surface area contributed by atoms with Gasteiger partial charge in [0.2, 0.25) is 5.13 Å². The van der Waals surface area contributed by atoms with Crippen LogP contribution < -0.4 is 10.1 Å². The number of anilines is 1. The predicted molar refractivity (Wildman–Crippen MR) is 99.6 cm³/mol. The maximum Gasteiger partial charge on any atom is 0.257 e. The lowest BCUT2D eigenvalue weighted by molar-refractivity contribution is 0.102. The van der Waals surface area contributed by atoms with Gasteiger partial charge in [-0.15, -0.1) is 21.5 Å². The lowest BCUT2D eigenvalue weighted by Crippen LogP contribution is -2.11. The van der Waals surface area contributed by atoms with Crippen LogP contribution in [-0.2, 0) is 6.61 Å². The van der Waals surface area contributed by atoms with Crippen molar-refractivity contribution in [1.29, 1.82) is 0 Å². The number of nitrogens with zero attached hydrogens (tertiary/aromatic N) is 3. The molecule has 0 saturated carbocycles. The smallest absolute Gasteiger partial charge is 0.257 e. The first-order valence-corrected chi connectivity index (χ1v) is 9.49. The Kier molecular flexibility index (Phi) is 5.40. The van der Waals surface area contributed by atoms with Crippen molar-refractivity contribution >= 4 is 33.7 Å². The number of aryl methyl sites for hydroxylation is 1. The van der Waals surface area contributed by atoms with Crippen LogP contribution >= 0.6 is 22.7 Å². The van der Waals surface area contributed by atoms with E-state index in [1.54, 1.807) is 35.6 Å². The monoisotopic (exact) mass is 374 g/mol. The Morgan fingerprint density at radius 3 is 2.60 bits per heavy atom. The van der Waals surface area contributed by atoms with Crippen molar-refractivity contribution in [2.45, 2.75) is 33.3 Å². The second kappa shape index (κ2) is 7.71. The zero-order valence-electron chi connectivity index (χ0n) is 14.1. The van der Waals surface area contributed by atoms with Crippen molar-refractivity contribution < 1.29 is 9.53 Å². The van der Waals surface area contributed by atoms with Crippen molar-refractivity contribution in [3.8, 4) is 5.75 Å². The van der Waals surface area contributed by atoms with Gasteiger partial charge in [-0.1, -0.05) is 25.2 Å². The summed E-state index contributed by atoms with van der Waals surface area (Å²) in [6, 6.07) is 6.99. The molecule has 0 bridgehead atoms. The Balaban J connectivity index is 1.58. The molecule has 8 heteroatoms. The topological polar surface area (TPSA) is 77.0 Å². The highest BCUT2D eigenvalue weighted by Gasteiger charge is 2.12. The first-order chi connectivity index (χ1) is 12.0. The average Bonchev–Trinajstić information content (AvgIpc) is 3.22. The van der Waals surface area contributed by atoms with Crippen LogP contribution in [0.5, 0.6) is 5.75 Å². The number of amides is 1. The second-order valence-corrected chi connectivity index (χ2v) is 7.80. The van der Waals surface area contributed by atoms with Crippen LogP contribution in [0.1, 0.15) is 45.8 Å². The number of nitrogens with one attached hydrogen (secondary N) is 1. The maximum atomic E-state index is 12.3. The number of carbonyl (C=O) groups excluding carboxylic acids is 1. The zero-order chi connectivity index (χ0) is 17.8. The van der Waals surface area contributed by atoms with E-state index in [2.05, 4.69) is 20.5 Å². The summed E-state index contributed by atoms with van der Waals surface area (Å²) in [5, 5.41) is 15.2. The molecule has 0 radical (unpaired) electrons. The molecule has 0 atom stereocenters. The number of rotatable bonds is 6. The molecule has 0 aliphatic rings. The lowest BCUT2D eigenvalue weighted by atomic mass is 10.2. The van der Waals surface area contributed by atoms with Crippen LogP contribution in [0.4, 0.5) is 5.13 Å². The third-order valence-corrected chi connectivity index (χ3v) is 5.29. The summed E-state index contributed by atoms with van der Waals surface area (Å²) in [6.45, 7) is 6.46. The molecule has 130 valence electrons. The summed E-state index contributed by atoms with van der Waals surface area (Å²) in [6.07, 6.45) is 0. The van der Waals surface area contributed by atoms with Gasteiger partial charge in [0.15, 0.2) is 0 Å². The summed E-state index contributed by atoms with van der Waals surface area (Å²) in [5.41, 5.74) is 1.44. The highest BCUT2D eigenvalue weighted by Crippen LogP contribution is 2.23. The van der Waals surface area contributed by atoms with Crippen LogP contribution in [0.3, 0.4) is 0 Å². The van der Waals surface area contributed by atoms with Crippen LogP contribution in [-0.4, -0.2) is 21.1 Å². The third-order valence-electron chi connectivity index (χ3n) is 3.32. The molecular weight excluding hydrogens is 356 g/mol. The lowest BCUT2D eigenvalue weighted by Gasteiger charge is -2.06. The minimum Gasteiger partial charge on any atom is -0.487 e. The van der Waals surface area contributed by atoms with Crippen molar-refractivity contribution in [2.75, 3.05) is 5.32 Å². The number of thiazole rings is 1. The Hall–Kier alpha value is -2.32. The van der Waals surface area contributed by atoms with Gasteiger partial charge in [-0.3, -0.25) is 10.1 Å². The van der Waals surface area contributed by atoms with E-state index < -0.39 is 0 Å². The average molecular weight is 374 g/mol. The number of hydrogen-bond acceptors (Lipinski definition) is 7. The Morgan fingerprint density at radius 1 is 1.24 bits per heavy atom. The molecule has 0 fully saturated rings. The van der Waals surface area contributed by atoms with Crippen LogP contribution in [0, 0.1) is 6.92 Å². The molecule has 2 aromatic heterocycles. The molecule has 1 aromatic carbocycles. The quantitative estimate of drug-likeness (QED) is 0.698. The Morgan fingerprint density at radius 2 is 2.00 bits per heavy atom. The summed E-state index contributed by atoms with van der Waals surface area (Å²) in [4.78, 5) is 16.6. The molecule has 0 spiro atoms. The molecule has 0 unspecified atom stereocenters. The number of hydrogen-bond donors (Lipinski definition) is 1. The molecule has 0 aliphatic carbocycles. The normalized spacial score (nSPS) is 10.9. The van der Waals surface area contributed by atoms with Crippen LogP contribution in [0.2, 0.25) is 0 Å². The highest BCUT2D eigenvalue weighted by atomic mass is 32.1. The minimum absolute atomic E-state index is 0.215.